The third-order valence-corrected chi connectivity index (χ3v) is 6.21. The summed E-state index contributed by atoms with van der Waals surface area (Å²) >= 11 is 3.55. The molecule has 0 spiro atoms. The Labute approximate surface area is 207 Å². The molecule has 0 atom stereocenters. The number of anilines is 2. The molecule has 8 heteroatoms. The number of hydrogen-bond donors (Lipinski definition) is 1. The van der Waals surface area contributed by atoms with Gasteiger partial charge in [-0.3, -0.25) is 0 Å². The summed E-state index contributed by atoms with van der Waals surface area (Å²) in [6.45, 7) is 7.89. The van der Waals surface area contributed by atoms with Crippen LogP contribution in [0.1, 0.15) is 19.5 Å². The minimum Gasteiger partial charge on any atom is -0.492 e. The summed E-state index contributed by atoms with van der Waals surface area (Å²) in [7, 11) is 0. The molecular weight excluding hydrogens is 492 g/mol. The molecular formula is C26H25BrN6O. The van der Waals surface area contributed by atoms with Crippen LogP contribution < -0.4 is 10.1 Å². The Bertz CT molecular complexity index is 1320. The van der Waals surface area contributed by atoms with Gasteiger partial charge in [0.1, 0.15) is 18.4 Å². The highest BCUT2D eigenvalue weighted by Gasteiger charge is 2.13. The maximum absolute atomic E-state index is 9.68. The average Bonchev–Trinajstić information content (AvgIpc) is 2.87. The predicted molar refractivity (Wildman–Crippen MR) is 138 cm³/mol. The van der Waals surface area contributed by atoms with Gasteiger partial charge in [0, 0.05) is 33.9 Å². The predicted octanol–water partition coefficient (Wildman–Crippen LogP) is 5.79. The van der Waals surface area contributed by atoms with Gasteiger partial charge in [0.25, 0.3) is 0 Å². The Morgan fingerprint density at radius 2 is 1.79 bits per heavy atom. The van der Waals surface area contributed by atoms with E-state index in [0.29, 0.717) is 23.9 Å². The van der Waals surface area contributed by atoms with Crippen molar-refractivity contribution in [2.45, 2.75) is 13.8 Å². The lowest BCUT2D eigenvalue weighted by molar-refractivity contribution is 0.223. The highest BCUT2D eigenvalue weighted by atomic mass is 79.9. The first-order chi connectivity index (χ1) is 16.6. The first kappa shape index (κ1) is 23.6. The molecule has 2 heterocycles. The van der Waals surface area contributed by atoms with Crippen LogP contribution in [-0.4, -0.2) is 46.1 Å². The highest BCUT2D eigenvalue weighted by Crippen LogP contribution is 2.31. The number of nitrogens with zero attached hydrogens (tertiary/aromatic N) is 5. The van der Waals surface area contributed by atoms with E-state index >= 15 is 0 Å². The molecule has 2 aromatic heterocycles. The molecule has 0 aliphatic rings. The van der Waals surface area contributed by atoms with Crippen LogP contribution in [0.25, 0.3) is 22.2 Å². The molecule has 172 valence electrons. The zero-order valence-electron chi connectivity index (χ0n) is 19.1. The maximum atomic E-state index is 9.68. The molecule has 0 amide bonds. The van der Waals surface area contributed by atoms with Gasteiger partial charge in [0.15, 0.2) is 11.3 Å². The zero-order chi connectivity index (χ0) is 23.9. The number of nitrogens with one attached hydrogen (secondary N) is 1. The van der Waals surface area contributed by atoms with Gasteiger partial charge in [0.2, 0.25) is 5.95 Å². The monoisotopic (exact) mass is 516 g/mol. The van der Waals surface area contributed by atoms with Crippen molar-refractivity contribution >= 4 is 38.6 Å². The van der Waals surface area contributed by atoms with Crippen LogP contribution in [-0.2, 0) is 0 Å². The van der Waals surface area contributed by atoms with Crippen molar-refractivity contribution in [2.75, 3.05) is 31.6 Å². The molecule has 0 saturated carbocycles. The van der Waals surface area contributed by atoms with Gasteiger partial charge in [0.05, 0.1) is 0 Å². The molecule has 0 aliphatic heterocycles. The minimum absolute atomic E-state index is 0.315. The average molecular weight is 517 g/mol. The standard InChI is InChI=1S/C26H25BrN6O/c1-3-33(4-2)13-14-34-20-11-9-19(10-12-20)30-26-29-17-18-15-22(21-7-5-6-8-23(21)27)24(16-28)31-25(18)32-26/h5-12,15,17H,3-4,13-14H2,1-2H3,(H,29,30,31,32). The van der Waals surface area contributed by atoms with Crippen molar-refractivity contribution in [1.82, 2.24) is 19.9 Å². The molecule has 4 aromatic rings. The van der Waals surface area contributed by atoms with E-state index in [1.807, 2.05) is 54.6 Å². The van der Waals surface area contributed by atoms with Crippen LogP contribution in [0, 0.1) is 11.3 Å². The van der Waals surface area contributed by atoms with E-state index in [1.165, 1.54) is 0 Å². The van der Waals surface area contributed by atoms with E-state index in [2.05, 4.69) is 61.0 Å². The summed E-state index contributed by atoms with van der Waals surface area (Å²) in [5.41, 5.74) is 3.25. The van der Waals surface area contributed by atoms with Crippen molar-refractivity contribution < 1.29 is 4.74 Å². The topological polar surface area (TPSA) is 87.0 Å². The second-order valence-electron chi connectivity index (χ2n) is 7.61. The normalized spacial score (nSPS) is 10.9. The molecule has 0 aliphatic carbocycles. The lowest BCUT2D eigenvalue weighted by Crippen LogP contribution is -2.27. The lowest BCUT2D eigenvalue weighted by atomic mass is 10.0. The molecule has 34 heavy (non-hydrogen) atoms. The van der Waals surface area contributed by atoms with Crippen molar-refractivity contribution in [3.8, 4) is 22.9 Å². The van der Waals surface area contributed by atoms with Crippen LogP contribution in [0.4, 0.5) is 11.6 Å². The summed E-state index contributed by atoms with van der Waals surface area (Å²) < 4.78 is 6.74. The SMILES string of the molecule is CCN(CC)CCOc1ccc(Nc2ncc3cc(-c4ccccc4Br)c(C#N)nc3n2)cc1. The molecule has 0 unspecified atom stereocenters. The fraction of sp³-hybridized carbons (Fsp3) is 0.231. The molecule has 2 aromatic carbocycles. The number of fused-ring (bicyclic) bond motifs is 1. The van der Waals surface area contributed by atoms with Crippen LogP contribution in [0.3, 0.4) is 0 Å². The molecule has 0 bridgehead atoms. The summed E-state index contributed by atoms with van der Waals surface area (Å²) in [6.07, 6.45) is 1.71. The largest absolute Gasteiger partial charge is 0.492 e. The molecule has 4 rings (SSSR count). The van der Waals surface area contributed by atoms with Gasteiger partial charge in [-0.25, -0.2) is 9.97 Å². The first-order valence-corrected chi connectivity index (χ1v) is 12.0. The number of rotatable bonds is 9. The van der Waals surface area contributed by atoms with Gasteiger partial charge < -0.3 is 15.0 Å². The van der Waals surface area contributed by atoms with Crippen LogP contribution in [0.15, 0.2) is 65.3 Å². The number of ether oxygens (including phenoxy) is 1. The molecule has 0 fully saturated rings. The van der Waals surface area contributed by atoms with Crippen molar-refractivity contribution in [3.05, 3.63) is 71.0 Å². The Morgan fingerprint density at radius 3 is 2.50 bits per heavy atom. The van der Waals surface area contributed by atoms with E-state index in [1.54, 1.807) is 6.20 Å². The smallest absolute Gasteiger partial charge is 0.229 e. The van der Waals surface area contributed by atoms with E-state index < -0.39 is 0 Å². The van der Waals surface area contributed by atoms with Crippen LogP contribution >= 0.6 is 15.9 Å². The summed E-state index contributed by atoms with van der Waals surface area (Å²) in [4.78, 5) is 15.8. The van der Waals surface area contributed by atoms with Gasteiger partial charge in [-0.05, 0) is 55.1 Å². The summed E-state index contributed by atoms with van der Waals surface area (Å²) in [5.74, 6) is 1.23. The Morgan fingerprint density at radius 1 is 1.03 bits per heavy atom. The van der Waals surface area contributed by atoms with Crippen LogP contribution in [0.5, 0.6) is 5.75 Å². The number of pyridine rings is 1. The number of halogens is 1. The van der Waals surface area contributed by atoms with Crippen molar-refractivity contribution in [2.24, 2.45) is 0 Å². The van der Waals surface area contributed by atoms with Gasteiger partial charge in [-0.1, -0.05) is 48.0 Å². The summed E-state index contributed by atoms with van der Waals surface area (Å²) in [6, 6.07) is 19.5. The number of hydrogen-bond acceptors (Lipinski definition) is 7. The van der Waals surface area contributed by atoms with E-state index in [4.69, 9.17) is 4.74 Å². The van der Waals surface area contributed by atoms with E-state index in [0.717, 1.165) is 52.1 Å². The minimum atomic E-state index is 0.315. The van der Waals surface area contributed by atoms with Crippen LogP contribution in [0.2, 0.25) is 0 Å². The van der Waals surface area contributed by atoms with Crippen molar-refractivity contribution in [1.29, 1.82) is 5.26 Å². The Balaban J connectivity index is 1.49. The molecule has 1 N–H and O–H groups in total. The summed E-state index contributed by atoms with van der Waals surface area (Å²) in [5, 5.41) is 13.6. The lowest BCUT2D eigenvalue weighted by Gasteiger charge is -2.18. The van der Waals surface area contributed by atoms with E-state index in [-0.39, 0.29) is 0 Å². The number of benzene rings is 2. The number of likely N-dealkylation sites (N-methyl/N-ethyl adjacent to an activating group) is 1. The van der Waals surface area contributed by atoms with Gasteiger partial charge >= 0.3 is 0 Å². The third kappa shape index (κ3) is 5.50. The molecule has 0 saturated heterocycles. The zero-order valence-corrected chi connectivity index (χ0v) is 20.7. The Kier molecular flexibility index (Phi) is 7.68. The third-order valence-electron chi connectivity index (χ3n) is 5.52. The molecule has 7 nitrogen and oxygen atoms in total. The fourth-order valence-electron chi connectivity index (χ4n) is 3.59. The van der Waals surface area contributed by atoms with Crippen molar-refractivity contribution in [3.63, 3.8) is 0 Å². The second kappa shape index (κ2) is 11.1. The number of nitriles is 1. The second-order valence-corrected chi connectivity index (χ2v) is 8.46. The quantitative estimate of drug-likeness (QED) is 0.301. The maximum Gasteiger partial charge on any atom is 0.229 e. The molecule has 0 radical (unpaired) electrons. The number of aromatic nitrogens is 3. The van der Waals surface area contributed by atoms with Gasteiger partial charge in [-0.2, -0.15) is 10.2 Å². The first-order valence-electron chi connectivity index (χ1n) is 11.2. The fourth-order valence-corrected chi connectivity index (χ4v) is 4.09. The van der Waals surface area contributed by atoms with Gasteiger partial charge in [-0.15, -0.1) is 0 Å². The highest BCUT2D eigenvalue weighted by molar-refractivity contribution is 9.10. The van der Waals surface area contributed by atoms with E-state index in [9.17, 15) is 5.26 Å². The Hall–Kier alpha value is -3.54.